The zero-order valence-electron chi connectivity index (χ0n) is 14.1. The van der Waals surface area contributed by atoms with Crippen LogP contribution in [0.4, 0.5) is 5.69 Å². The van der Waals surface area contributed by atoms with E-state index in [-0.39, 0.29) is 5.91 Å². The topological polar surface area (TPSA) is 35.6 Å². The van der Waals surface area contributed by atoms with Gasteiger partial charge in [0.05, 0.1) is 6.54 Å². The molecule has 1 rings (SSSR count). The third kappa shape index (κ3) is 5.86. The van der Waals surface area contributed by atoms with Gasteiger partial charge in [0, 0.05) is 18.8 Å². The lowest BCUT2D eigenvalue weighted by atomic mass is 10.1. The van der Waals surface area contributed by atoms with Gasteiger partial charge in [-0.05, 0) is 45.1 Å². The van der Waals surface area contributed by atoms with Gasteiger partial charge in [-0.25, -0.2) is 0 Å². The fraction of sp³-hybridized carbons (Fsp3) is 0.588. The summed E-state index contributed by atoms with van der Waals surface area (Å²) in [7, 11) is 1.99. The molecule has 0 bridgehead atoms. The van der Waals surface area contributed by atoms with Gasteiger partial charge >= 0.3 is 0 Å². The molecule has 0 spiro atoms. The van der Waals surface area contributed by atoms with Gasteiger partial charge in [-0.1, -0.05) is 32.0 Å². The van der Waals surface area contributed by atoms with E-state index in [0.29, 0.717) is 6.54 Å². The van der Waals surface area contributed by atoms with Crippen LogP contribution in [0.5, 0.6) is 0 Å². The van der Waals surface area contributed by atoms with Gasteiger partial charge in [0.2, 0.25) is 5.91 Å². The maximum absolute atomic E-state index is 12.1. The summed E-state index contributed by atoms with van der Waals surface area (Å²) >= 11 is 0. The third-order valence-corrected chi connectivity index (χ3v) is 3.85. The second-order valence-electron chi connectivity index (χ2n) is 5.58. The normalized spacial score (nSPS) is 11.2. The second-order valence-corrected chi connectivity index (χ2v) is 5.58. The van der Waals surface area contributed by atoms with Crippen LogP contribution in [0.25, 0.3) is 0 Å². The summed E-state index contributed by atoms with van der Waals surface area (Å²) < 4.78 is 0. The smallest absolute Gasteiger partial charge is 0.238 e. The Hall–Kier alpha value is -1.39. The van der Waals surface area contributed by atoms with Gasteiger partial charge in [0.15, 0.2) is 0 Å². The summed E-state index contributed by atoms with van der Waals surface area (Å²) in [5.41, 5.74) is 3.16. The minimum atomic E-state index is 0.0504. The first-order valence-corrected chi connectivity index (χ1v) is 7.74. The number of benzene rings is 1. The molecule has 1 aromatic rings. The fourth-order valence-corrected chi connectivity index (χ4v) is 2.37. The average Bonchev–Trinajstić information content (AvgIpc) is 2.44. The fourth-order valence-electron chi connectivity index (χ4n) is 2.37. The van der Waals surface area contributed by atoms with Gasteiger partial charge < -0.3 is 10.2 Å². The molecule has 4 nitrogen and oxygen atoms in total. The molecule has 0 radical (unpaired) electrons. The number of rotatable bonds is 8. The zero-order chi connectivity index (χ0) is 15.8. The first-order chi connectivity index (χ1) is 9.97. The van der Waals surface area contributed by atoms with E-state index in [2.05, 4.69) is 29.0 Å². The highest BCUT2D eigenvalue weighted by Crippen LogP contribution is 2.19. The van der Waals surface area contributed by atoms with Crippen LogP contribution in [0.1, 0.15) is 25.0 Å². The van der Waals surface area contributed by atoms with Crippen LogP contribution in [-0.2, 0) is 4.79 Å². The highest BCUT2D eigenvalue weighted by molar-refractivity contribution is 5.93. The molecule has 0 atom stereocenters. The Kier molecular flexibility index (Phi) is 7.40. The predicted octanol–water partition coefficient (Wildman–Crippen LogP) is 2.52. The highest BCUT2D eigenvalue weighted by atomic mass is 16.2. The largest absolute Gasteiger partial charge is 0.324 e. The summed E-state index contributed by atoms with van der Waals surface area (Å²) in [5, 5.41) is 3.03. The molecule has 21 heavy (non-hydrogen) atoms. The van der Waals surface area contributed by atoms with Crippen molar-refractivity contribution in [3.8, 4) is 0 Å². The van der Waals surface area contributed by atoms with Crippen molar-refractivity contribution in [2.24, 2.45) is 0 Å². The lowest BCUT2D eigenvalue weighted by Gasteiger charge is -2.23. The van der Waals surface area contributed by atoms with E-state index < -0.39 is 0 Å². The van der Waals surface area contributed by atoms with Crippen LogP contribution in [0.3, 0.4) is 0 Å². The van der Waals surface area contributed by atoms with Crippen molar-refractivity contribution < 1.29 is 4.79 Å². The van der Waals surface area contributed by atoms with E-state index in [1.807, 2.05) is 39.1 Å². The maximum Gasteiger partial charge on any atom is 0.238 e. The Morgan fingerprint density at radius 2 is 1.67 bits per heavy atom. The summed E-state index contributed by atoms with van der Waals surface area (Å²) in [4.78, 5) is 16.6. The molecule has 0 heterocycles. The van der Waals surface area contributed by atoms with Gasteiger partial charge in [-0.2, -0.15) is 0 Å². The van der Waals surface area contributed by atoms with Crippen LogP contribution in [0, 0.1) is 13.8 Å². The van der Waals surface area contributed by atoms with E-state index in [9.17, 15) is 4.79 Å². The molecule has 1 aromatic carbocycles. The predicted molar refractivity (Wildman–Crippen MR) is 89.8 cm³/mol. The molecular formula is C17H29N3O. The molecule has 4 heteroatoms. The van der Waals surface area contributed by atoms with Gasteiger partial charge in [0.1, 0.15) is 0 Å². The lowest BCUT2D eigenvalue weighted by Crippen LogP contribution is -2.37. The van der Waals surface area contributed by atoms with Crippen LogP contribution in [-0.4, -0.2) is 55.5 Å². The van der Waals surface area contributed by atoms with Crippen molar-refractivity contribution in [1.82, 2.24) is 9.80 Å². The second kappa shape index (κ2) is 8.80. The van der Waals surface area contributed by atoms with Crippen molar-refractivity contribution in [3.05, 3.63) is 29.3 Å². The van der Waals surface area contributed by atoms with E-state index >= 15 is 0 Å². The SMILES string of the molecule is CCN(CC)CCN(C)CC(=O)Nc1c(C)cccc1C. The minimum absolute atomic E-state index is 0.0504. The number of carbonyl (C=O) groups excluding carboxylic acids is 1. The van der Waals surface area contributed by atoms with Crippen LogP contribution < -0.4 is 5.32 Å². The number of aryl methyl sites for hydroxylation is 2. The van der Waals surface area contributed by atoms with Gasteiger partial charge in [-0.3, -0.25) is 9.69 Å². The molecule has 0 aliphatic carbocycles. The van der Waals surface area contributed by atoms with E-state index in [4.69, 9.17) is 0 Å². The Morgan fingerprint density at radius 1 is 1.10 bits per heavy atom. The molecule has 1 amide bonds. The lowest BCUT2D eigenvalue weighted by molar-refractivity contribution is -0.117. The minimum Gasteiger partial charge on any atom is -0.324 e. The number of para-hydroxylation sites is 1. The van der Waals surface area contributed by atoms with Gasteiger partial charge in [0.25, 0.3) is 0 Å². The molecule has 1 N–H and O–H groups in total. The van der Waals surface area contributed by atoms with E-state index in [0.717, 1.165) is 43.0 Å². The van der Waals surface area contributed by atoms with Crippen molar-refractivity contribution >= 4 is 11.6 Å². The number of amides is 1. The quantitative estimate of drug-likeness (QED) is 0.799. The van der Waals surface area contributed by atoms with E-state index in [1.54, 1.807) is 0 Å². The molecule has 0 aliphatic rings. The number of anilines is 1. The van der Waals surface area contributed by atoms with Crippen molar-refractivity contribution in [1.29, 1.82) is 0 Å². The van der Waals surface area contributed by atoms with Crippen molar-refractivity contribution in [2.75, 3.05) is 45.1 Å². The zero-order valence-corrected chi connectivity index (χ0v) is 14.1. The monoisotopic (exact) mass is 291 g/mol. The molecule has 0 aromatic heterocycles. The summed E-state index contributed by atoms with van der Waals surface area (Å²) in [6.45, 7) is 12.8. The van der Waals surface area contributed by atoms with Gasteiger partial charge in [-0.15, -0.1) is 0 Å². The molecule has 0 unspecified atom stereocenters. The Morgan fingerprint density at radius 3 is 2.19 bits per heavy atom. The number of nitrogens with zero attached hydrogens (tertiary/aromatic N) is 2. The standard InChI is InChI=1S/C17H29N3O/c1-6-20(7-2)12-11-19(5)13-16(21)18-17-14(3)9-8-10-15(17)4/h8-10H,6-7,11-13H2,1-5H3,(H,18,21). The number of nitrogens with one attached hydrogen (secondary N) is 1. The molecule has 0 fully saturated rings. The van der Waals surface area contributed by atoms with Crippen molar-refractivity contribution in [2.45, 2.75) is 27.7 Å². The molecule has 0 aliphatic heterocycles. The number of hydrogen-bond donors (Lipinski definition) is 1. The van der Waals surface area contributed by atoms with E-state index in [1.165, 1.54) is 0 Å². The molecule has 0 saturated carbocycles. The summed E-state index contributed by atoms with van der Waals surface area (Å²) in [6, 6.07) is 6.05. The molecule has 118 valence electrons. The van der Waals surface area contributed by atoms with Crippen LogP contribution in [0.2, 0.25) is 0 Å². The number of carbonyl (C=O) groups is 1. The van der Waals surface area contributed by atoms with Crippen LogP contribution in [0.15, 0.2) is 18.2 Å². The summed E-state index contributed by atoms with van der Waals surface area (Å²) in [6.07, 6.45) is 0. The molecular weight excluding hydrogens is 262 g/mol. The third-order valence-electron chi connectivity index (χ3n) is 3.85. The maximum atomic E-state index is 12.1. The summed E-state index contributed by atoms with van der Waals surface area (Å²) in [5.74, 6) is 0.0504. The van der Waals surface area contributed by atoms with Crippen LogP contribution >= 0.6 is 0 Å². The number of hydrogen-bond acceptors (Lipinski definition) is 3. The van der Waals surface area contributed by atoms with Crippen molar-refractivity contribution in [3.63, 3.8) is 0 Å². The number of likely N-dealkylation sites (N-methyl/N-ethyl adjacent to an activating group) is 2. The first-order valence-electron chi connectivity index (χ1n) is 7.74. The Balaban J connectivity index is 2.46. The Labute approximate surface area is 129 Å². The first kappa shape index (κ1) is 17.7. The Bertz CT molecular complexity index is 435. The molecule has 0 saturated heterocycles. The average molecular weight is 291 g/mol. The highest BCUT2D eigenvalue weighted by Gasteiger charge is 2.10.